The molecule has 10 nitrogen and oxygen atoms in total. The van der Waals surface area contributed by atoms with Crippen molar-refractivity contribution in [1.29, 1.82) is 0 Å². The summed E-state index contributed by atoms with van der Waals surface area (Å²) in [6.45, 7) is 0. The summed E-state index contributed by atoms with van der Waals surface area (Å²) in [7, 11) is 0. The van der Waals surface area contributed by atoms with Crippen LogP contribution >= 0.6 is 0 Å². The van der Waals surface area contributed by atoms with Gasteiger partial charge in [-0.2, -0.15) is 14.7 Å². The maximum absolute atomic E-state index is 14.9. The van der Waals surface area contributed by atoms with Crippen molar-refractivity contribution in [2.75, 3.05) is 10.6 Å². The van der Waals surface area contributed by atoms with E-state index in [0.717, 1.165) is 12.8 Å². The highest BCUT2D eigenvalue weighted by molar-refractivity contribution is 6.15. The van der Waals surface area contributed by atoms with Crippen LogP contribution in [0, 0.1) is 5.82 Å². The first-order chi connectivity index (χ1) is 16.5. The summed E-state index contributed by atoms with van der Waals surface area (Å²) in [4.78, 5) is 28.2. The fourth-order valence-electron chi connectivity index (χ4n) is 3.80. The van der Waals surface area contributed by atoms with Gasteiger partial charge in [0.05, 0.1) is 24.0 Å². The van der Waals surface area contributed by atoms with E-state index in [0.29, 0.717) is 40.1 Å². The molecule has 11 heteroatoms. The number of amides is 2. The summed E-state index contributed by atoms with van der Waals surface area (Å²) in [5, 5.41) is 17.3. The minimum Gasteiger partial charge on any atom is -0.367 e. The van der Waals surface area contributed by atoms with Crippen molar-refractivity contribution in [2.24, 2.45) is 0 Å². The molecule has 0 radical (unpaired) electrons. The number of aromatic nitrogens is 5. The van der Waals surface area contributed by atoms with Crippen molar-refractivity contribution in [3.05, 3.63) is 65.9 Å². The number of halogens is 1. The Morgan fingerprint density at radius 3 is 2.76 bits per heavy atom. The number of imide groups is 1. The van der Waals surface area contributed by atoms with Gasteiger partial charge in [-0.15, -0.1) is 0 Å². The molecular weight excluding hydrogens is 439 g/mol. The maximum Gasteiger partial charge on any atom is 0.254 e. The van der Waals surface area contributed by atoms with E-state index < -0.39 is 11.7 Å². The normalized spacial score (nSPS) is 16.9. The largest absolute Gasteiger partial charge is 0.367 e. The number of benzene rings is 1. The van der Waals surface area contributed by atoms with Crippen LogP contribution in [0.1, 0.15) is 24.8 Å². The third-order valence-corrected chi connectivity index (χ3v) is 5.64. The van der Waals surface area contributed by atoms with Gasteiger partial charge in [-0.1, -0.05) is 0 Å². The number of rotatable bonds is 6. The second-order valence-corrected chi connectivity index (χ2v) is 8.24. The van der Waals surface area contributed by atoms with Gasteiger partial charge >= 0.3 is 0 Å². The molecule has 2 amide bonds. The quantitative estimate of drug-likeness (QED) is 0.300. The Hall–Kier alpha value is -4.54. The molecule has 0 bridgehead atoms. The number of hydrogen-bond acceptors (Lipinski definition) is 7. The highest BCUT2D eigenvalue weighted by Crippen LogP contribution is 2.29. The average Bonchev–Trinajstić information content (AvgIpc) is 3.18. The molecule has 0 unspecified atom stereocenters. The summed E-state index contributed by atoms with van der Waals surface area (Å²) >= 11 is 0. The lowest BCUT2D eigenvalue weighted by atomic mass is 10.1. The van der Waals surface area contributed by atoms with Crippen LogP contribution in [0.4, 0.5) is 21.7 Å². The summed E-state index contributed by atoms with van der Waals surface area (Å²) in [6, 6.07) is 8.64. The molecule has 1 aromatic carbocycles. The van der Waals surface area contributed by atoms with E-state index in [-0.39, 0.29) is 18.0 Å². The molecule has 2 aliphatic rings. The van der Waals surface area contributed by atoms with Crippen LogP contribution < -0.4 is 16.0 Å². The zero-order valence-electron chi connectivity index (χ0n) is 17.8. The number of fused-ring (bicyclic) bond motifs is 1. The zero-order chi connectivity index (χ0) is 23.2. The number of carbonyl (C=O) groups excluding carboxylic acids is 2. The van der Waals surface area contributed by atoms with E-state index >= 15 is 0 Å². The van der Waals surface area contributed by atoms with Crippen molar-refractivity contribution in [2.45, 2.75) is 25.3 Å². The van der Waals surface area contributed by atoms with Crippen LogP contribution in [0.3, 0.4) is 0 Å². The lowest BCUT2D eigenvalue weighted by Crippen LogP contribution is -2.19. The lowest BCUT2D eigenvalue weighted by Gasteiger charge is -2.13. The van der Waals surface area contributed by atoms with Gasteiger partial charge in [0.1, 0.15) is 17.5 Å². The first-order valence-electron chi connectivity index (χ1n) is 10.8. The maximum atomic E-state index is 14.9. The van der Waals surface area contributed by atoms with Crippen LogP contribution in [0.5, 0.6) is 0 Å². The van der Waals surface area contributed by atoms with Gasteiger partial charge in [-0.3, -0.25) is 14.9 Å². The van der Waals surface area contributed by atoms with Gasteiger partial charge < -0.3 is 10.6 Å². The molecule has 170 valence electrons. The van der Waals surface area contributed by atoms with Gasteiger partial charge in [-0.05, 0) is 37.1 Å². The second kappa shape index (κ2) is 7.80. The Morgan fingerprint density at radius 2 is 2.06 bits per heavy atom. The number of anilines is 3. The van der Waals surface area contributed by atoms with E-state index in [1.165, 1.54) is 6.07 Å². The van der Waals surface area contributed by atoms with E-state index in [1.54, 1.807) is 58.1 Å². The number of hydrogen-bond donors (Lipinski definition) is 3. The van der Waals surface area contributed by atoms with Gasteiger partial charge in [0, 0.05) is 41.7 Å². The zero-order valence-corrected chi connectivity index (χ0v) is 17.8. The molecule has 4 heterocycles. The molecule has 1 aliphatic carbocycles. The molecular formula is C23H19FN8O2. The third-order valence-electron chi connectivity index (χ3n) is 5.64. The minimum absolute atomic E-state index is 0.00903. The molecule has 0 atom stereocenters. The van der Waals surface area contributed by atoms with E-state index in [4.69, 9.17) is 0 Å². The van der Waals surface area contributed by atoms with E-state index in [9.17, 15) is 14.0 Å². The van der Waals surface area contributed by atoms with Gasteiger partial charge in [0.25, 0.3) is 5.91 Å². The molecule has 1 saturated carbocycles. The Bertz CT molecular complexity index is 1470. The fourth-order valence-corrected chi connectivity index (χ4v) is 3.80. The van der Waals surface area contributed by atoms with Crippen LogP contribution in [0.15, 0.2) is 54.5 Å². The number of nitrogens with one attached hydrogen (secondary N) is 3. The molecule has 6 rings (SSSR count). The van der Waals surface area contributed by atoms with Crippen molar-refractivity contribution in [3.8, 4) is 5.69 Å². The Kier molecular flexibility index (Phi) is 4.61. The smallest absolute Gasteiger partial charge is 0.254 e. The van der Waals surface area contributed by atoms with E-state index in [2.05, 4.69) is 31.1 Å². The highest BCUT2D eigenvalue weighted by Gasteiger charge is 2.26. The third kappa shape index (κ3) is 3.76. The molecule has 1 aliphatic heterocycles. The van der Waals surface area contributed by atoms with E-state index in [1.807, 2.05) is 0 Å². The van der Waals surface area contributed by atoms with Crippen molar-refractivity contribution in [3.63, 3.8) is 0 Å². The van der Waals surface area contributed by atoms with Crippen molar-refractivity contribution >= 4 is 40.9 Å². The lowest BCUT2D eigenvalue weighted by molar-refractivity contribution is -0.124. The second-order valence-electron chi connectivity index (χ2n) is 8.24. The first kappa shape index (κ1) is 20.1. The molecule has 2 fully saturated rings. The monoisotopic (exact) mass is 458 g/mol. The number of nitrogens with zero attached hydrogens (tertiary/aromatic N) is 5. The van der Waals surface area contributed by atoms with Crippen LogP contribution in [-0.2, 0) is 9.59 Å². The highest BCUT2D eigenvalue weighted by atomic mass is 19.1. The fraction of sp³-hybridized carbons (Fsp3) is 0.174. The Morgan fingerprint density at radius 1 is 1.18 bits per heavy atom. The molecule has 34 heavy (non-hydrogen) atoms. The van der Waals surface area contributed by atoms with Crippen LogP contribution in [0.2, 0.25) is 0 Å². The SMILES string of the molecule is O=C1C/C(=C\c2cnn3c(NC4CC4)cc(Nc4ccc(-n5cccn5)cc4F)nc23)C(=O)N1. The number of carbonyl (C=O) groups is 2. The predicted octanol–water partition coefficient (Wildman–Crippen LogP) is 2.80. The van der Waals surface area contributed by atoms with Crippen LogP contribution in [0.25, 0.3) is 17.4 Å². The molecule has 0 spiro atoms. The van der Waals surface area contributed by atoms with Gasteiger partial charge in [-0.25, -0.2) is 14.1 Å². The molecule has 4 aromatic rings. The topological polar surface area (TPSA) is 118 Å². The van der Waals surface area contributed by atoms with Crippen molar-refractivity contribution < 1.29 is 14.0 Å². The minimum atomic E-state index is -0.455. The first-order valence-corrected chi connectivity index (χ1v) is 10.8. The average molecular weight is 458 g/mol. The van der Waals surface area contributed by atoms with Crippen molar-refractivity contribution in [1.82, 2.24) is 29.7 Å². The summed E-state index contributed by atoms with van der Waals surface area (Å²) in [5.41, 5.74) is 2.25. The Balaban J connectivity index is 1.38. The summed E-state index contributed by atoms with van der Waals surface area (Å²) < 4.78 is 18.1. The van der Waals surface area contributed by atoms with Gasteiger partial charge in [0.15, 0.2) is 5.65 Å². The predicted molar refractivity (Wildman–Crippen MR) is 122 cm³/mol. The molecule has 3 N–H and O–H groups in total. The standard InChI is InChI=1S/C23H19FN8O2/c24-17-10-16(31-7-1-6-25-31)4-5-18(17)28-19-11-20(27-15-2-3-15)32-22(29-19)14(12-26-32)8-13-9-21(33)30-23(13)34/h1,4-8,10-12,15,27H,2-3,9H2,(H,28,29)(H,30,33,34)/b13-8+. The summed E-state index contributed by atoms with van der Waals surface area (Å²) in [5.74, 6) is -0.112. The van der Waals surface area contributed by atoms with Crippen LogP contribution in [-0.4, -0.2) is 42.2 Å². The summed E-state index contributed by atoms with van der Waals surface area (Å²) in [6.07, 6.45) is 8.68. The molecule has 1 saturated heterocycles. The molecule has 3 aromatic heterocycles. The Labute approximate surface area is 192 Å². The van der Waals surface area contributed by atoms with Gasteiger partial charge in [0.2, 0.25) is 5.91 Å².